The van der Waals surface area contributed by atoms with Crippen LogP contribution in [0.3, 0.4) is 0 Å². The number of nitrogens with two attached hydrogens (primary N) is 1. The van der Waals surface area contributed by atoms with E-state index < -0.39 is 0 Å². The van der Waals surface area contributed by atoms with Crippen molar-refractivity contribution in [3.05, 3.63) is 22.4 Å². The molecule has 0 spiro atoms. The first-order chi connectivity index (χ1) is 9.25. The van der Waals surface area contributed by atoms with E-state index in [1.165, 1.54) is 37.7 Å². The molecular weight excluding hydrogens is 256 g/mol. The molecule has 1 aliphatic rings. The molecule has 0 aliphatic heterocycles. The normalized spacial score (nSPS) is 18.2. The van der Waals surface area contributed by atoms with Crippen molar-refractivity contribution in [1.29, 1.82) is 0 Å². The molecule has 2 rings (SSSR count). The second-order valence-corrected chi connectivity index (χ2v) is 6.30. The van der Waals surface area contributed by atoms with Gasteiger partial charge in [-0.05, 0) is 41.1 Å². The highest BCUT2D eigenvalue weighted by Crippen LogP contribution is 2.26. The molecule has 1 aliphatic carbocycles. The fraction of sp³-hybridized carbons (Fsp3) is 0.667. The summed E-state index contributed by atoms with van der Waals surface area (Å²) in [4.78, 5) is 11.9. The topological polar surface area (TPSA) is 55.1 Å². The van der Waals surface area contributed by atoms with E-state index in [4.69, 9.17) is 5.73 Å². The van der Waals surface area contributed by atoms with E-state index in [9.17, 15) is 4.79 Å². The van der Waals surface area contributed by atoms with Crippen molar-refractivity contribution >= 4 is 17.2 Å². The molecule has 0 radical (unpaired) electrons. The maximum absolute atomic E-state index is 11.9. The summed E-state index contributed by atoms with van der Waals surface area (Å²) in [5.74, 6) is 0.673. The predicted molar refractivity (Wildman–Crippen MR) is 80.2 cm³/mol. The van der Waals surface area contributed by atoms with E-state index in [0.29, 0.717) is 12.5 Å². The Labute approximate surface area is 119 Å². The van der Waals surface area contributed by atoms with Crippen LogP contribution in [0, 0.1) is 5.92 Å². The highest BCUT2D eigenvalue weighted by atomic mass is 32.1. The summed E-state index contributed by atoms with van der Waals surface area (Å²) in [5.41, 5.74) is 7.28. The van der Waals surface area contributed by atoms with Crippen molar-refractivity contribution in [2.75, 3.05) is 6.54 Å². The molecule has 1 aromatic heterocycles. The number of hydrogen-bond acceptors (Lipinski definition) is 3. The number of carbonyl (C=O) groups excluding carboxylic acids is 1. The highest BCUT2D eigenvalue weighted by molar-refractivity contribution is 7.07. The first kappa shape index (κ1) is 14.5. The molecule has 1 amide bonds. The van der Waals surface area contributed by atoms with Crippen LogP contribution < -0.4 is 11.1 Å². The molecule has 0 saturated heterocycles. The largest absolute Gasteiger partial charge is 0.354 e. The lowest BCUT2D eigenvalue weighted by atomic mass is 9.85. The third kappa shape index (κ3) is 4.96. The van der Waals surface area contributed by atoms with E-state index in [2.05, 4.69) is 22.1 Å². The molecular formula is C15H24N2OS. The lowest BCUT2D eigenvalue weighted by molar-refractivity contribution is -0.122. The van der Waals surface area contributed by atoms with Gasteiger partial charge >= 0.3 is 0 Å². The molecule has 0 aromatic carbocycles. The van der Waals surface area contributed by atoms with Crippen molar-refractivity contribution in [3.63, 3.8) is 0 Å². The molecule has 1 saturated carbocycles. The Morgan fingerprint density at radius 1 is 1.42 bits per heavy atom. The van der Waals surface area contributed by atoms with Gasteiger partial charge in [0.2, 0.25) is 5.91 Å². The summed E-state index contributed by atoms with van der Waals surface area (Å²) in [7, 11) is 0. The van der Waals surface area contributed by atoms with E-state index in [1.807, 2.05) is 0 Å². The van der Waals surface area contributed by atoms with Gasteiger partial charge in [-0.3, -0.25) is 4.79 Å². The smallest absolute Gasteiger partial charge is 0.236 e. The average molecular weight is 280 g/mol. The molecule has 3 nitrogen and oxygen atoms in total. The Kier molecular flexibility index (Phi) is 5.86. The van der Waals surface area contributed by atoms with E-state index in [-0.39, 0.29) is 11.9 Å². The van der Waals surface area contributed by atoms with E-state index in [0.717, 1.165) is 12.8 Å². The Hall–Kier alpha value is -0.870. The fourth-order valence-electron chi connectivity index (χ4n) is 2.79. The Bertz CT molecular complexity index is 372. The molecule has 1 fully saturated rings. The summed E-state index contributed by atoms with van der Waals surface area (Å²) in [6.45, 7) is 0.688. The lowest BCUT2D eigenvalue weighted by Gasteiger charge is -2.24. The quantitative estimate of drug-likeness (QED) is 0.842. The molecule has 19 heavy (non-hydrogen) atoms. The minimum Gasteiger partial charge on any atom is -0.354 e. The molecule has 106 valence electrons. The van der Waals surface area contributed by atoms with Crippen LogP contribution >= 0.6 is 11.3 Å². The minimum absolute atomic E-state index is 0.0146. The third-order valence-corrected chi connectivity index (χ3v) is 4.67. The number of thiophene rings is 1. The van der Waals surface area contributed by atoms with Gasteiger partial charge in [-0.15, -0.1) is 0 Å². The molecule has 1 unspecified atom stereocenters. The van der Waals surface area contributed by atoms with Gasteiger partial charge < -0.3 is 11.1 Å². The van der Waals surface area contributed by atoms with Gasteiger partial charge in [0.05, 0.1) is 6.04 Å². The summed E-state index contributed by atoms with van der Waals surface area (Å²) >= 11 is 1.69. The van der Waals surface area contributed by atoms with Gasteiger partial charge in [-0.1, -0.05) is 32.1 Å². The second kappa shape index (κ2) is 7.65. The van der Waals surface area contributed by atoms with Crippen molar-refractivity contribution in [3.8, 4) is 0 Å². The molecule has 1 aromatic rings. The van der Waals surface area contributed by atoms with Crippen LogP contribution in [0.4, 0.5) is 0 Å². The minimum atomic E-state index is -0.328. The van der Waals surface area contributed by atoms with Crippen LogP contribution in [0.25, 0.3) is 0 Å². The first-order valence-electron chi connectivity index (χ1n) is 7.30. The van der Waals surface area contributed by atoms with Crippen LogP contribution in [-0.2, 0) is 11.2 Å². The molecule has 1 heterocycles. The summed E-state index contributed by atoms with van der Waals surface area (Å²) in [6.07, 6.45) is 8.19. The van der Waals surface area contributed by atoms with Gasteiger partial charge in [-0.2, -0.15) is 11.3 Å². The summed E-state index contributed by atoms with van der Waals surface area (Å²) < 4.78 is 0. The summed E-state index contributed by atoms with van der Waals surface area (Å²) in [5, 5.41) is 7.13. The van der Waals surface area contributed by atoms with Crippen molar-refractivity contribution in [2.24, 2.45) is 11.7 Å². The van der Waals surface area contributed by atoms with Gasteiger partial charge in [0.1, 0.15) is 0 Å². The number of rotatable bonds is 6. The van der Waals surface area contributed by atoms with E-state index >= 15 is 0 Å². The van der Waals surface area contributed by atoms with Gasteiger partial charge in [0, 0.05) is 6.54 Å². The highest BCUT2D eigenvalue weighted by Gasteiger charge is 2.20. The van der Waals surface area contributed by atoms with Gasteiger partial charge in [0.15, 0.2) is 0 Å². The number of nitrogens with one attached hydrogen (secondary N) is 1. The Morgan fingerprint density at radius 3 is 2.89 bits per heavy atom. The maximum atomic E-state index is 11.9. The number of amides is 1. The van der Waals surface area contributed by atoms with Crippen LogP contribution in [-0.4, -0.2) is 18.5 Å². The SMILES string of the molecule is NC(CC1CCCCC1)C(=O)NCCc1ccsc1. The van der Waals surface area contributed by atoms with Crippen molar-refractivity contribution in [2.45, 2.75) is 51.0 Å². The van der Waals surface area contributed by atoms with Crippen LogP contribution in [0.15, 0.2) is 16.8 Å². The molecule has 0 bridgehead atoms. The lowest BCUT2D eigenvalue weighted by Crippen LogP contribution is -2.42. The maximum Gasteiger partial charge on any atom is 0.236 e. The van der Waals surface area contributed by atoms with Gasteiger partial charge in [-0.25, -0.2) is 0 Å². The second-order valence-electron chi connectivity index (χ2n) is 5.52. The zero-order valence-corrected chi connectivity index (χ0v) is 12.3. The van der Waals surface area contributed by atoms with Crippen molar-refractivity contribution in [1.82, 2.24) is 5.32 Å². The standard InChI is InChI=1S/C15H24N2OS/c16-14(10-12-4-2-1-3-5-12)15(18)17-8-6-13-7-9-19-11-13/h7,9,11-12,14H,1-6,8,10,16H2,(H,17,18). The predicted octanol–water partition coefficient (Wildman–Crippen LogP) is 2.70. The number of hydrogen-bond donors (Lipinski definition) is 2. The third-order valence-electron chi connectivity index (χ3n) is 3.94. The van der Waals surface area contributed by atoms with Crippen LogP contribution in [0.2, 0.25) is 0 Å². The zero-order chi connectivity index (χ0) is 13.5. The average Bonchev–Trinajstić information content (AvgIpc) is 2.93. The zero-order valence-electron chi connectivity index (χ0n) is 11.4. The first-order valence-corrected chi connectivity index (χ1v) is 8.24. The van der Waals surface area contributed by atoms with Gasteiger partial charge in [0.25, 0.3) is 0 Å². The van der Waals surface area contributed by atoms with Crippen molar-refractivity contribution < 1.29 is 4.79 Å². The monoisotopic (exact) mass is 280 g/mol. The molecule has 1 atom stereocenters. The fourth-order valence-corrected chi connectivity index (χ4v) is 3.49. The Balaban J connectivity index is 1.64. The van der Waals surface area contributed by atoms with Crippen LogP contribution in [0.1, 0.15) is 44.1 Å². The molecule has 3 N–H and O–H groups in total. The van der Waals surface area contributed by atoms with Crippen LogP contribution in [0.5, 0.6) is 0 Å². The molecule has 4 heteroatoms. The van der Waals surface area contributed by atoms with E-state index in [1.54, 1.807) is 11.3 Å². The summed E-state index contributed by atoms with van der Waals surface area (Å²) in [6, 6.07) is 1.77. The Morgan fingerprint density at radius 2 is 2.21 bits per heavy atom. The number of carbonyl (C=O) groups is 1.